The molecule has 0 spiro atoms. The number of halogens is 4. The van der Waals surface area contributed by atoms with E-state index >= 15 is 0 Å². The van der Waals surface area contributed by atoms with Crippen LogP contribution >= 0.6 is 11.8 Å². The van der Waals surface area contributed by atoms with Crippen molar-refractivity contribution in [3.8, 4) is 0 Å². The molecule has 0 bridgehead atoms. The summed E-state index contributed by atoms with van der Waals surface area (Å²) in [7, 11) is 0. The van der Waals surface area contributed by atoms with Gasteiger partial charge in [-0.3, -0.25) is 10.1 Å². The van der Waals surface area contributed by atoms with Crippen LogP contribution in [0.15, 0.2) is 24.3 Å². The van der Waals surface area contributed by atoms with Crippen molar-refractivity contribution >= 4 is 17.7 Å². The van der Waals surface area contributed by atoms with Crippen LogP contribution in [0.3, 0.4) is 0 Å². The molecule has 4 nitrogen and oxygen atoms in total. The van der Waals surface area contributed by atoms with Gasteiger partial charge in [-0.05, 0) is 31.5 Å². The van der Waals surface area contributed by atoms with Crippen molar-refractivity contribution in [3.63, 3.8) is 0 Å². The first-order valence-corrected chi connectivity index (χ1v) is 7.59. The van der Waals surface area contributed by atoms with Crippen LogP contribution in [0.5, 0.6) is 0 Å². The van der Waals surface area contributed by atoms with E-state index in [0.717, 1.165) is 6.92 Å². The minimum absolute atomic E-state index is 0.430. The van der Waals surface area contributed by atoms with Crippen molar-refractivity contribution in [2.24, 2.45) is 0 Å². The Morgan fingerprint density at radius 1 is 1.35 bits per heavy atom. The molecule has 1 heterocycles. The summed E-state index contributed by atoms with van der Waals surface area (Å²) in [5, 5.41) is 13.1. The SMILES string of the molecule is C[C@H](NC1(O)NC(=O)C(C)(CC(F)(F)F)S1)c1ccc(F)cc1. The molecule has 3 atom stereocenters. The van der Waals surface area contributed by atoms with Crippen LogP contribution in [-0.2, 0) is 4.79 Å². The molecule has 3 N–H and O–H groups in total. The molecule has 128 valence electrons. The normalized spacial score (nSPS) is 29.4. The molecule has 23 heavy (non-hydrogen) atoms. The molecule has 0 radical (unpaired) electrons. The maximum atomic E-state index is 12.9. The summed E-state index contributed by atoms with van der Waals surface area (Å²) in [5.41, 5.74) is 0.610. The molecule has 1 aliphatic rings. The molecule has 1 amide bonds. The fraction of sp³-hybridized carbons (Fsp3) is 0.500. The number of nitrogens with one attached hydrogen (secondary N) is 2. The number of amides is 1. The van der Waals surface area contributed by atoms with Gasteiger partial charge in [0, 0.05) is 6.04 Å². The van der Waals surface area contributed by atoms with Crippen LogP contribution < -0.4 is 10.6 Å². The summed E-state index contributed by atoms with van der Waals surface area (Å²) in [6.45, 7) is 2.76. The van der Waals surface area contributed by atoms with Crippen LogP contribution in [0, 0.1) is 5.82 Å². The fourth-order valence-corrected chi connectivity index (χ4v) is 3.79. The van der Waals surface area contributed by atoms with Gasteiger partial charge in [0.15, 0.2) is 0 Å². The largest absolute Gasteiger partial charge is 0.390 e. The Hall–Kier alpha value is -1.32. The second kappa shape index (κ2) is 5.95. The van der Waals surface area contributed by atoms with Gasteiger partial charge in [0.1, 0.15) is 10.6 Å². The summed E-state index contributed by atoms with van der Waals surface area (Å²) in [6, 6.07) is 4.89. The number of benzene rings is 1. The molecular formula is C14H16F4N2O2S. The Kier molecular flexibility index (Phi) is 4.67. The maximum Gasteiger partial charge on any atom is 0.390 e. The smallest absolute Gasteiger partial charge is 0.350 e. The summed E-state index contributed by atoms with van der Waals surface area (Å²) in [6.07, 6.45) is -5.89. The van der Waals surface area contributed by atoms with E-state index in [1.807, 2.05) is 0 Å². The zero-order valence-electron chi connectivity index (χ0n) is 12.4. The third kappa shape index (κ3) is 4.36. The van der Waals surface area contributed by atoms with E-state index in [9.17, 15) is 27.5 Å². The Morgan fingerprint density at radius 3 is 2.43 bits per heavy atom. The number of hydrogen-bond donors (Lipinski definition) is 3. The van der Waals surface area contributed by atoms with Crippen LogP contribution in [-0.4, -0.2) is 27.1 Å². The molecule has 1 aromatic carbocycles. The number of aliphatic hydroxyl groups is 1. The number of carbonyl (C=O) groups is 1. The molecule has 1 aliphatic heterocycles. The first-order chi connectivity index (χ1) is 10.4. The highest BCUT2D eigenvalue weighted by Gasteiger charge is 2.56. The number of thioether (sulfide) groups is 1. The predicted octanol–water partition coefficient (Wildman–Crippen LogP) is 2.65. The summed E-state index contributed by atoms with van der Waals surface area (Å²) in [5.74, 6) is -1.33. The van der Waals surface area contributed by atoms with Crippen molar-refractivity contribution in [1.29, 1.82) is 0 Å². The third-order valence-electron chi connectivity index (χ3n) is 3.46. The molecule has 2 rings (SSSR count). The lowest BCUT2D eigenvalue weighted by atomic mass is 10.1. The highest BCUT2D eigenvalue weighted by Crippen LogP contribution is 2.46. The lowest BCUT2D eigenvalue weighted by Gasteiger charge is -2.29. The lowest BCUT2D eigenvalue weighted by molar-refractivity contribution is -0.149. The average molecular weight is 352 g/mol. The lowest BCUT2D eigenvalue weighted by Crippen LogP contribution is -2.52. The third-order valence-corrected chi connectivity index (χ3v) is 4.75. The van der Waals surface area contributed by atoms with Gasteiger partial charge in [-0.2, -0.15) is 13.2 Å². The van der Waals surface area contributed by atoms with E-state index in [1.165, 1.54) is 24.3 Å². The zero-order valence-corrected chi connectivity index (χ0v) is 13.2. The van der Waals surface area contributed by atoms with Gasteiger partial charge < -0.3 is 10.4 Å². The molecule has 1 saturated heterocycles. The van der Waals surface area contributed by atoms with Crippen molar-refractivity contribution in [3.05, 3.63) is 35.6 Å². The van der Waals surface area contributed by atoms with Gasteiger partial charge in [-0.1, -0.05) is 23.9 Å². The van der Waals surface area contributed by atoms with Crippen LogP contribution in [0.25, 0.3) is 0 Å². The van der Waals surface area contributed by atoms with Crippen molar-refractivity contribution in [1.82, 2.24) is 10.6 Å². The highest BCUT2D eigenvalue weighted by molar-refractivity contribution is 8.03. The van der Waals surface area contributed by atoms with Crippen molar-refractivity contribution in [2.45, 2.75) is 42.4 Å². The number of hydrogen-bond acceptors (Lipinski definition) is 4. The van der Waals surface area contributed by atoms with Crippen LogP contribution in [0.1, 0.15) is 31.9 Å². The van der Waals surface area contributed by atoms with Crippen LogP contribution in [0.4, 0.5) is 17.6 Å². The van der Waals surface area contributed by atoms with E-state index < -0.39 is 40.3 Å². The molecule has 1 aromatic rings. The standard InChI is InChI=1S/C14H16F4N2O2S/c1-8(9-3-5-10(15)6-4-9)19-14(22)20-11(21)12(2,23-14)7-13(16,17)18/h3-6,8,19,22H,7H2,1-2H3,(H,20,21)/t8-,12?,14?/m0/s1. The van der Waals surface area contributed by atoms with Gasteiger partial charge in [-0.25, -0.2) is 4.39 Å². The van der Waals surface area contributed by atoms with E-state index in [-0.39, 0.29) is 0 Å². The first-order valence-electron chi connectivity index (χ1n) is 6.78. The van der Waals surface area contributed by atoms with Crippen molar-refractivity contribution < 1.29 is 27.5 Å². The highest BCUT2D eigenvalue weighted by atomic mass is 32.2. The molecule has 0 aliphatic carbocycles. The van der Waals surface area contributed by atoms with E-state index in [4.69, 9.17) is 0 Å². The quantitative estimate of drug-likeness (QED) is 0.576. The maximum absolute atomic E-state index is 12.9. The molecule has 0 saturated carbocycles. The van der Waals surface area contributed by atoms with E-state index in [1.54, 1.807) is 6.92 Å². The summed E-state index contributed by atoms with van der Waals surface area (Å²) >= 11 is 0.466. The van der Waals surface area contributed by atoms with E-state index in [0.29, 0.717) is 17.3 Å². The Morgan fingerprint density at radius 2 is 1.91 bits per heavy atom. The molecular weight excluding hydrogens is 336 g/mol. The minimum atomic E-state index is -4.53. The zero-order chi connectivity index (χ0) is 17.5. The first kappa shape index (κ1) is 18.0. The average Bonchev–Trinajstić information content (AvgIpc) is 2.56. The number of alkyl halides is 3. The van der Waals surface area contributed by atoms with Gasteiger partial charge in [-0.15, -0.1) is 0 Å². The van der Waals surface area contributed by atoms with Gasteiger partial charge in [0.05, 0.1) is 6.42 Å². The molecule has 1 fully saturated rings. The van der Waals surface area contributed by atoms with Gasteiger partial charge >= 0.3 is 6.18 Å². The van der Waals surface area contributed by atoms with Crippen molar-refractivity contribution in [2.75, 3.05) is 0 Å². The number of rotatable bonds is 4. The summed E-state index contributed by atoms with van der Waals surface area (Å²) in [4.78, 5) is 11.9. The number of carbonyl (C=O) groups excluding carboxylic acids is 1. The van der Waals surface area contributed by atoms with Gasteiger partial charge in [0.2, 0.25) is 11.1 Å². The monoisotopic (exact) mass is 352 g/mol. The Balaban J connectivity index is 2.11. The predicted molar refractivity (Wildman–Crippen MR) is 77.7 cm³/mol. The summed E-state index contributed by atoms with van der Waals surface area (Å²) < 4.78 is 48.9. The molecule has 0 aromatic heterocycles. The Bertz CT molecular complexity index is 595. The van der Waals surface area contributed by atoms with Gasteiger partial charge in [0.25, 0.3) is 0 Å². The minimum Gasteiger partial charge on any atom is -0.350 e. The van der Waals surface area contributed by atoms with Crippen LogP contribution in [0.2, 0.25) is 0 Å². The molecule has 9 heteroatoms. The second-order valence-electron chi connectivity index (χ2n) is 5.64. The fourth-order valence-electron chi connectivity index (χ4n) is 2.38. The second-order valence-corrected chi connectivity index (χ2v) is 7.34. The van der Waals surface area contributed by atoms with E-state index in [2.05, 4.69) is 10.6 Å². The Labute approximate surface area is 134 Å². The topological polar surface area (TPSA) is 61.4 Å². The molecule has 2 unspecified atom stereocenters.